The van der Waals surface area contributed by atoms with E-state index in [-0.39, 0.29) is 32.7 Å². The summed E-state index contributed by atoms with van der Waals surface area (Å²) in [5, 5.41) is 19.2. The molecule has 0 atom stereocenters. The second-order valence-corrected chi connectivity index (χ2v) is 4.29. The van der Waals surface area contributed by atoms with Crippen LogP contribution in [-0.4, -0.2) is 10.2 Å². The van der Waals surface area contributed by atoms with E-state index in [0.29, 0.717) is 0 Å². The van der Waals surface area contributed by atoms with E-state index in [1.54, 1.807) is 0 Å². The Labute approximate surface area is 107 Å². The fraction of sp³-hybridized carbons (Fsp3) is 0. The summed E-state index contributed by atoms with van der Waals surface area (Å²) in [5.41, 5.74) is 0.296. The first-order valence-corrected chi connectivity index (χ1v) is 5.41. The SMILES string of the molecule is Oc1ccc(-c2cc(Cl)cc(Cl)c2O)c(F)c1. The number of aromatic hydroxyl groups is 2. The van der Waals surface area contributed by atoms with E-state index in [2.05, 4.69) is 0 Å². The van der Waals surface area contributed by atoms with Crippen molar-refractivity contribution in [2.24, 2.45) is 0 Å². The highest BCUT2D eigenvalue weighted by molar-refractivity contribution is 6.36. The second kappa shape index (κ2) is 4.43. The van der Waals surface area contributed by atoms with Crippen molar-refractivity contribution in [1.82, 2.24) is 0 Å². The molecule has 88 valence electrons. The molecule has 0 aliphatic heterocycles. The van der Waals surface area contributed by atoms with Crippen LogP contribution in [0.2, 0.25) is 10.0 Å². The Morgan fingerprint density at radius 2 is 1.65 bits per heavy atom. The van der Waals surface area contributed by atoms with E-state index < -0.39 is 5.82 Å². The highest BCUT2D eigenvalue weighted by Crippen LogP contribution is 2.39. The summed E-state index contributed by atoms with van der Waals surface area (Å²) in [6, 6.07) is 6.36. The molecule has 2 aromatic carbocycles. The molecule has 0 unspecified atom stereocenters. The van der Waals surface area contributed by atoms with Gasteiger partial charge in [-0.3, -0.25) is 0 Å². The van der Waals surface area contributed by atoms with Crippen LogP contribution in [0.25, 0.3) is 11.1 Å². The van der Waals surface area contributed by atoms with Crippen molar-refractivity contribution < 1.29 is 14.6 Å². The van der Waals surface area contributed by atoms with Gasteiger partial charge in [-0.05, 0) is 24.3 Å². The van der Waals surface area contributed by atoms with Crippen molar-refractivity contribution in [3.8, 4) is 22.6 Å². The van der Waals surface area contributed by atoms with Crippen LogP contribution < -0.4 is 0 Å². The van der Waals surface area contributed by atoms with E-state index >= 15 is 0 Å². The highest BCUT2D eigenvalue weighted by atomic mass is 35.5. The third-order valence-electron chi connectivity index (χ3n) is 2.27. The minimum atomic E-state index is -0.668. The minimum absolute atomic E-state index is 0.0416. The van der Waals surface area contributed by atoms with E-state index in [1.165, 1.54) is 24.3 Å². The summed E-state index contributed by atoms with van der Waals surface area (Å²) in [4.78, 5) is 0. The molecule has 0 amide bonds. The molecule has 2 nitrogen and oxygen atoms in total. The molecule has 0 saturated heterocycles. The van der Waals surface area contributed by atoms with Crippen LogP contribution in [0.4, 0.5) is 4.39 Å². The average molecular weight is 273 g/mol. The molecule has 0 bridgehead atoms. The van der Waals surface area contributed by atoms with Gasteiger partial charge in [-0.2, -0.15) is 0 Å². The van der Waals surface area contributed by atoms with Gasteiger partial charge in [0.1, 0.15) is 17.3 Å². The summed E-state index contributed by atoms with van der Waals surface area (Å²) in [7, 11) is 0. The van der Waals surface area contributed by atoms with Crippen LogP contribution in [0.3, 0.4) is 0 Å². The Bertz CT molecular complexity index is 585. The summed E-state index contributed by atoms with van der Waals surface area (Å²) in [6.07, 6.45) is 0. The van der Waals surface area contributed by atoms with Crippen molar-refractivity contribution in [3.63, 3.8) is 0 Å². The molecule has 0 aliphatic rings. The maximum absolute atomic E-state index is 13.6. The molecule has 0 aromatic heterocycles. The number of benzene rings is 2. The lowest BCUT2D eigenvalue weighted by atomic mass is 10.0. The third kappa shape index (κ3) is 2.30. The monoisotopic (exact) mass is 272 g/mol. The zero-order chi connectivity index (χ0) is 12.6. The predicted molar refractivity (Wildman–Crippen MR) is 65.2 cm³/mol. The lowest BCUT2D eigenvalue weighted by Gasteiger charge is -2.08. The number of rotatable bonds is 1. The Balaban J connectivity index is 2.68. The molecule has 0 aliphatic carbocycles. The number of phenols is 2. The van der Waals surface area contributed by atoms with E-state index in [4.69, 9.17) is 28.3 Å². The lowest BCUT2D eigenvalue weighted by Crippen LogP contribution is -1.86. The smallest absolute Gasteiger partial charge is 0.142 e. The molecule has 2 aromatic rings. The topological polar surface area (TPSA) is 40.5 Å². The highest BCUT2D eigenvalue weighted by Gasteiger charge is 2.13. The number of hydrogen-bond acceptors (Lipinski definition) is 2. The third-order valence-corrected chi connectivity index (χ3v) is 2.78. The van der Waals surface area contributed by atoms with E-state index in [1.807, 2.05) is 0 Å². The van der Waals surface area contributed by atoms with Gasteiger partial charge in [0.2, 0.25) is 0 Å². The normalized spacial score (nSPS) is 10.5. The molecule has 0 heterocycles. The van der Waals surface area contributed by atoms with Crippen molar-refractivity contribution in [3.05, 3.63) is 46.2 Å². The van der Waals surface area contributed by atoms with Crippen LogP contribution in [0.1, 0.15) is 0 Å². The Hall–Kier alpha value is -1.45. The first-order chi connectivity index (χ1) is 7.99. The first kappa shape index (κ1) is 12.0. The standard InChI is InChI=1S/C12H7Cl2FO2/c13-6-3-9(12(17)10(14)4-6)8-2-1-7(16)5-11(8)15/h1-5,16-17H. The molecule has 0 fully saturated rings. The molecular formula is C12H7Cl2FO2. The van der Waals surface area contributed by atoms with Crippen molar-refractivity contribution in [2.45, 2.75) is 0 Å². The van der Waals surface area contributed by atoms with Crippen LogP contribution in [-0.2, 0) is 0 Å². The summed E-state index contributed by atoms with van der Waals surface area (Å²) < 4.78 is 13.6. The van der Waals surface area contributed by atoms with Crippen LogP contribution in [0.15, 0.2) is 30.3 Å². The molecule has 17 heavy (non-hydrogen) atoms. The molecule has 2 N–H and O–H groups in total. The van der Waals surface area contributed by atoms with Gasteiger partial charge in [0.15, 0.2) is 0 Å². The fourth-order valence-electron chi connectivity index (χ4n) is 1.49. The summed E-state index contributed by atoms with van der Waals surface area (Å²) in [5.74, 6) is -1.11. The molecule has 0 radical (unpaired) electrons. The van der Waals surface area contributed by atoms with Gasteiger partial charge in [-0.1, -0.05) is 23.2 Å². The number of phenolic OH excluding ortho intramolecular Hbond substituents is 2. The van der Waals surface area contributed by atoms with Crippen molar-refractivity contribution in [1.29, 1.82) is 0 Å². The minimum Gasteiger partial charge on any atom is -0.508 e. The number of halogens is 3. The summed E-state index contributed by atoms with van der Waals surface area (Å²) in [6.45, 7) is 0. The Kier molecular flexibility index (Phi) is 3.13. The van der Waals surface area contributed by atoms with E-state index in [9.17, 15) is 9.50 Å². The summed E-state index contributed by atoms with van der Waals surface area (Å²) >= 11 is 11.5. The van der Waals surface area contributed by atoms with Gasteiger partial charge in [-0.25, -0.2) is 4.39 Å². The Morgan fingerprint density at radius 3 is 2.29 bits per heavy atom. The largest absolute Gasteiger partial charge is 0.508 e. The van der Waals surface area contributed by atoms with Crippen molar-refractivity contribution >= 4 is 23.2 Å². The Morgan fingerprint density at radius 1 is 0.941 bits per heavy atom. The predicted octanol–water partition coefficient (Wildman–Crippen LogP) is 4.21. The molecular weight excluding hydrogens is 266 g/mol. The van der Waals surface area contributed by atoms with Gasteiger partial charge < -0.3 is 10.2 Å². The maximum atomic E-state index is 13.6. The molecule has 0 spiro atoms. The van der Waals surface area contributed by atoms with Gasteiger partial charge in [-0.15, -0.1) is 0 Å². The van der Waals surface area contributed by atoms with Crippen LogP contribution in [0.5, 0.6) is 11.5 Å². The van der Waals surface area contributed by atoms with Crippen molar-refractivity contribution in [2.75, 3.05) is 0 Å². The molecule has 5 heteroatoms. The maximum Gasteiger partial charge on any atom is 0.142 e. The quantitative estimate of drug-likeness (QED) is 0.817. The second-order valence-electron chi connectivity index (χ2n) is 3.45. The van der Waals surface area contributed by atoms with Gasteiger partial charge in [0.05, 0.1) is 5.02 Å². The zero-order valence-electron chi connectivity index (χ0n) is 8.42. The fourth-order valence-corrected chi connectivity index (χ4v) is 1.99. The molecule has 2 rings (SSSR count). The van der Waals surface area contributed by atoms with Gasteiger partial charge in [0, 0.05) is 22.2 Å². The average Bonchev–Trinajstić information content (AvgIpc) is 2.24. The number of hydrogen-bond donors (Lipinski definition) is 2. The van der Waals surface area contributed by atoms with Crippen LogP contribution in [0, 0.1) is 5.82 Å². The lowest BCUT2D eigenvalue weighted by molar-refractivity contribution is 0.468. The van der Waals surface area contributed by atoms with Crippen LogP contribution >= 0.6 is 23.2 Å². The molecule has 0 saturated carbocycles. The zero-order valence-corrected chi connectivity index (χ0v) is 9.93. The van der Waals surface area contributed by atoms with E-state index in [0.717, 1.165) is 6.07 Å². The van der Waals surface area contributed by atoms with Gasteiger partial charge in [0.25, 0.3) is 0 Å². The van der Waals surface area contributed by atoms with Gasteiger partial charge >= 0.3 is 0 Å². The first-order valence-electron chi connectivity index (χ1n) is 4.66.